The van der Waals surface area contributed by atoms with E-state index in [1.807, 2.05) is 0 Å². The van der Waals surface area contributed by atoms with Crippen molar-refractivity contribution in [2.24, 2.45) is 5.84 Å². The lowest BCUT2D eigenvalue weighted by molar-refractivity contribution is 0.504. The Hall–Kier alpha value is -1.60. The van der Waals surface area contributed by atoms with Crippen LogP contribution >= 0.6 is 15.9 Å². The van der Waals surface area contributed by atoms with Gasteiger partial charge in [0.05, 0.1) is 4.47 Å². The molecule has 0 atom stereocenters. The molecular formula is C13H11BrF2N4. The fourth-order valence-corrected chi connectivity index (χ4v) is 2.45. The van der Waals surface area contributed by atoms with Crippen molar-refractivity contribution in [3.8, 4) is 11.4 Å². The van der Waals surface area contributed by atoms with Gasteiger partial charge in [-0.3, -0.25) is 0 Å². The van der Waals surface area contributed by atoms with Gasteiger partial charge in [0.15, 0.2) is 17.5 Å². The zero-order valence-corrected chi connectivity index (χ0v) is 11.9. The van der Waals surface area contributed by atoms with Crippen molar-refractivity contribution in [3.05, 3.63) is 40.0 Å². The van der Waals surface area contributed by atoms with Crippen LogP contribution in [-0.4, -0.2) is 9.97 Å². The second kappa shape index (κ2) is 5.06. The fourth-order valence-electron chi connectivity index (χ4n) is 1.95. The molecule has 104 valence electrons. The summed E-state index contributed by atoms with van der Waals surface area (Å²) in [6, 6.07) is 4.27. The number of nitrogens with two attached hydrogens (primary N) is 1. The minimum atomic E-state index is -0.954. The number of nitrogens with one attached hydrogen (secondary N) is 1. The Kier molecular flexibility index (Phi) is 3.39. The number of hydrogen-bond acceptors (Lipinski definition) is 4. The number of nitrogen functional groups attached to an aromatic ring is 1. The second-order valence-corrected chi connectivity index (χ2v) is 5.44. The third-order valence-corrected chi connectivity index (χ3v) is 3.94. The Balaban J connectivity index is 2.13. The van der Waals surface area contributed by atoms with E-state index in [9.17, 15) is 8.78 Å². The molecule has 2 aromatic rings. The van der Waals surface area contributed by atoms with Crippen molar-refractivity contribution in [2.45, 2.75) is 18.8 Å². The monoisotopic (exact) mass is 340 g/mol. The van der Waals surface area contributed by atoms with Crippen molar-refractivity contribution in [1.29, 1.82) is 0 Å². The standard InChI is InChI=1S/C13H11BrF2N4/c14-11-7(3-4-8(15)12(11)16)13-18-9(6-1-2-6)5-10(19-13)20-17/h3-6H,1-2,17H2,(H,18,19,20). The van der Waals surface area contributed by atoms with Gasteiger partial charge in [0.25, 0.3) is 0 Å². The molecule has 0 unspecified atom stereocenters. The van der Waals surface area contributed by atoms with Crippen LogP contribution in [0.4, 0.5) is 14.6 Å². The molecule has 4 nitrogen and oxygen atoms in total. The molecule has 1 heterocycles. The average Bonchev–Trinajstić information content (AvgIpc) is 3.29. The van der Waals surface area contributed by atoms with Gasteiger partial charge < -0.3 is 5.43 Å². The van der Waals surface area contributed by atoms with Gasteiger partial charge in [0.2, 0.25) is 0 Å². The van der Waals surface area contributed by atoms with Gasteiger partial charge in [0.1, 0.15) is 5.82 Å². The molecule has 0 bridgehead atoms. The molecule has 0 saturated heterocycles. The van der Waals surface area contributed by atoms with E-state index in [0.717, 1.165) is 24.6 Å². The van der Waals surface area contributed by atoms with Gasteiger partial charge in [-0.1, -0.05) is 0 Å². The minimum Gasteiger partial charge on any atom is -0.308 e. The Morgan fingerprint density at radius 2 is 2.00 bits per heavy atom. The molecule has 1 saturated carbocycles. The van der Waals surface area contributed by atoms with Gasteiger partial charge in [-0.05, 0) is 40.9 Å². The van der Waals surface area contributed by atoms with E-state index < -0.39 is 11.6 Å². The fraction of sp³-hybridized carbons (Fsp3) is 0.231. The van der Waals surface area contributed by atoms with Crippen LogP contribution < -0.4 is 11.3 Å². The van der Waals surface area contributed by atoms with Crippen molar-refractivity contribution in [1.82, 2.24) is 9.97 Å². The van der Waals surface area contributed by atoms with Crippen molar-refractivity contribution in [3.63, 3.8) is 0 Å². The zero-order chi connectivity index (χ0) is 14.3. The first-order chi connectivity index (χ1) is 9.60. The van der Waals surface area contributed by atoms with Crippen LogP contribution in [0.15, 0.2) is 22.7 Å². The molecule has 0 radical (unpaired) electrons. The van der Waals surface area contributed by atoms with Crippen molar-refractivity contribution < 1.29 is 8.78 Å². The molecule has 1 fully saturated rings. The normalized spacial score (nSPS) is 14.4. The summed E-state index contributed by atoms with van der Waals surface area (Å²) >= 11 is 3.04. The van der Waals surface area contributed by atoms with Crippen LogP contribution in [0.3, 0.4) is 0 Å². The molecule has 3 rings (SSSR count). The summed E-state index contributed by atoms with van der Waals surface area (Å²) in [5.41, 5.74) is 3.72. The predicted octanol–water partition coefficient (Wildman–Crippen LogP) is 3.35. The molecule has 1 aromatic carbocycles. The van der Waals surface area contributed by atoms with E-state index in [1.54, 1.807) is 6.07 Å². The third kappa shape index (κ3) is 2.38. The molecule has 0 spiro atoms. The lowest BCUT2D eigenvalue weighted by Crippen LogP contribution is -2.10. The SMILES string of the molecule is NNc1cc(C2CC2)nc(-c2ccc(F)c(F)c2Br)n1. The summed E-state index contributed by atoms with van der Waals surface area (Å²) in [5.74, 6) is 4.68. The van der Waals surface area contributed by atoms with Crippen LogP contribution in [0.25, 0.3) is 11.4 Å². The van der Waals surface area contributed by atoms with E-state index >= 15 is 0 Å². The smallest absolute Gasteiger partial charge is 0.173 e. The Morgan fingerprint density at radius 3 is 2.65 bits per heavy atom. The molecule has 3 N–H and O–H groups in total. The number of hydrazine groups is 1. The van der Waals surface area contributed by atoms with Crippen molar-refractivity contribution in [2.75, 3.05) is 5.43 Å². The van der Waals surface area contributed by atoms with E-state index in [-0.39, 0.29) is 4.47 Å². The number of anilines is 1. The summed E-state index contributed by atoms with van der Waals surface area (Å²) in [7, 11) is 0. The first-order valence-corrected chi connectivity index (χ1v) is 6.89. The summed E-state index contributed by atoms with van der Waals surface area (Å²) in [6.45, 7) is 0. The maximum Gasteiger partial charge on any atom is 0.173 e. The molecular weight excluding hydrogens is 330 g/mol. The van der Waals surface area contributed by atoms with Gasteiger partial charge in [0, 0.05) is 23.2 Å². The minimum absolute atomic E-state index is 0.00779. The lowest BCUT2D eigenvalue weighted by Gasteiger charge is -2.09. The maximum absolute atomic E-state index is 13.6. The Labute approximate surface area is 122 Å². The van der Waals surface area contributed by atoms with Crippen LogP contribution in [0.1, 0.15) is 24.5 Å². The van der Waals surface area contributed by atoms with Crippen LogP contribution in [0, 0.1) is 11.6 Å². The highest BCUT2D eigenvalue weighted by Gasteiger charge is 2.27. The highest BCUT2D eigenvalue weighted by Crippen LogP contribution is 2.40. The number of aromatic nitrogens is 2. The van der Waals surface area contributed by atoms with E-state index in [2.05, 4.69) is 31.3 Å². The zero-order valence-electron chi connectivity index (χ0n) is 10.3. The van der Waals surface area contributed by atoms with Crippen molar-refractivity contribution >= 4 is 21.7 Å². The third-order valence-electron chi connectivity index (χ3n) is 3.17. The van der Waals surface area contributed by atoms with Gasteiger partial charge in [-0.2, -0.15) is 0 Å². The topological polar surface area (TPSA) is 63.8 Å². The molecule has 7 heteroatoms. The van der Waals surface area contributed by atoms with Gasteiger partial charge in [-0.15, -0.1) is 0 Å². The summed E-state index contributed by atoms with van der Waals surface area (Å²) in [6.07, 6.45) is 2.14. The molecule has 20 heavy (non-hydrogen) atoms. The first-order valence-electron chi connectivity index (χ1n) is 6.09. The van der Waals surface area contributed by atoms with Gasteiger partial charge >= 0.3 is 0 Å². The van der Waals surface area contributed by atoms with E-state index in [0.29, 0.717) is 23.1 Å². The van der Waals surface area contributed by atoms with Gasteiger partial charge in [-0.25, -0.2) is 24.6 Å². The molecule has 0 amide bonds. The quantitative estimate of drug-likeness (QED) is 0.511. The molecule has 1 aliphatic carbocycles. The highest BCUT2D eigenvalue weighted by molar-refractivity contribution is 9.10. The number of nitrogens with zero attached hydrogens (tertiary/aromatic N) is 2. The van der Waals surface area contributed by atoms with Crippen LogP contribution in [0.5, 0.6) is 0 Å². The maximum atomic E-state index is 13.6. The van der Waals surface area contributed by atoms with Crippen LogP contribution in [0.2, 0.25) is 0 Å². The summed E-state index contributed by atoms with van der Waals surface area (Å²) in [5, 5.41) is 0. The number of halogens is 3. The number of hydrogen-bond donors (Lipinski definition) is 2. The molecule has 0 aliphatic heterocycles. The van der Waals surface area contributed by atoms with E-state index in [1.165, 1.54) is 6.07 Å². The highest BCUT2D eigenvalue weighted by atomic mass is 79.9. The largest absolute Gasteiger partial charge is 0.308 e. The number of benzene rings is 1. The second-order valence-electron chi connectivity index (χ2n) is 4.64. The van der Waals surface area contributed by atoms with Crippen LogP contribution in [-0.2, 0) is 0 Å². The predicted molar refractivity (Wildman–Crippen MR) is 74.9 cm³/mol. The Morgan fingerprint density at radius 1 is 1.25 bits per heavy atom. The average molecular weight is 341 g/mol. The molecule has 1 aliphatic rings. The lowest BCUT2D eigenvalue weighted by atomic mass is 10.2. The Bertz CT molecular complexity index is 674. The summed E-state index contributed by atoms with van der Waals surface area (Å²) < 4.78 is 26.8. The molecule has 1 aromatic heterocycles. The first kappa shape index (κ1) is 13.4. The summed E-state index contributed by atoms with van der Waals surface area (Å²) in [4.78, 5) is 8.62. The van der Waals surface area contributed by atoms with E-state index in [4.69, 9.17) is 5.84 Å². The number of rotatable bonds is 3.